The molecule has 0 spiro atoms. The van der Waals surface area contributed by atoms with E-state index in [1.807, 2.05) is 13.1 Å². The number of halogens is 3. The molecule has 0 bridgehead atoms. The summed E-state index contributed by atoms with van der Waals surface area (Å²) in [5, 5.41) is 1.05. The van der Waals surface area contributed by atoms with E-state index in [0.717, 1.165) is 29.5 Å². The molecule has 2 aliphatic heterocycles. The first-order valence-electron chi connectivity index (χ1n) is 8.55. The summed E-state index contributed by atoms with van der Waals surface area (Å²) in [4.78, 5) is 23.3. The van der Waals surface area contributed by atoms with E-state index in [-0.39, 0.29) is 12.5 Å². The highest BCUT2D eigenvalue weighted by atomic mass is 32.1. The number of rotatable bonds is 4. The average Bonchev–Trinajstić information content (AvgIpc) is 2.94. The quantitative estimate of drug-likeness (QED) is 0.807. The van der Waals surface area contributed by atoms with Crippen LogP contribution in [0.3, 0.4) is 0 Å². The zero-order valence-corrected chi connectivity index (χ0v) is 15.1. The number of thiazole rings is 1. The van der Waals surface area contributed by atoms with E-state index in [9.17, 15) is 18.0 Å². The van der Waals surface area contributed by atoms with Crippen LogP contribution in [0, 0.1) is 6.92 Å². The topological polar surface area (TPSA) is 39.7 Å². The molecule has 2 aliphatic rings. The standard InChI is InChI=1S/C16H23F3N4OS/c1-12-20-9-13(25-12)10-21-5-7-22(8-6-21)14-3-2-4-23(15(14)24)11-16(17,18)19/h9,14H,2-8,10-11H2,1H3/t14-/m1/s1. The number of nitrogens with zero attached hydrogens (tertiary/aromatic N) is 4. The number of hydrogen-bond donors (Lipinski definition) is 0. The van der Waals surface area contributed by atoms with E-state index in [1.54, 1.807) is 11.3 Å². The Kier molecular flexibility index (Phi) is 5.65. The zero-order chi connectivity index (χ0) is 18.0. The third-order valence-electron chi connectivity index (χ3n) is 4.77. The van der Waals surface area contributed by atoms with Gasteiger partial charge in [-0.3, -0.25) is 14.6 Å². The van der Waals surface area contributed by atoms with Gasteiger partial charge in [0.1, 0.15) is 6.54 Å². The molecule has 5 nitrogen and oxygen atoms in total. The van der Waals surface area contributed by atoms with Gasteiger partial charge in [-0.15, -0.1) is 11.3 Å². The Morgan fingerprint density at radius 3 is 2.56 bits per heavy atom. The molecular formula is C16H23F3N4OS. The van der Waals surface area contributed by atoms with Crippen LogP contribution in [0.2, 0.25) is 0 Å². The van der Waals surface area contributed by atoms with Gasteiger partial charge in [-0.1, -0.05) is 0 Å². The van der Waals surface area contributed by atoms with Gasteiger partial charge in [0.25, 0.3) is 0 Å². The third-order valence-corrected chi connectivity index (χ3v) is 5.67. The average molecular weight is 376 g/mol. The second-order valence-corrected chi connectivity index (χ2v) is 8.01. The van der Waals surface area contributed by atoms with Gasteiger partial charge in [0.05, 0.1) is 11.0 Å². The first-order chi connectivity index (χ1) is 11.8. The van der Waals surface area contributed by atoms with Crippen molar-refractivity contribution >= 4 is 17.2 Å². The lowest BCUT2D eigenvalue weighted by Crippen LogP contribution is -2.58. The Morgan fingerprint density at radius 1 is 1.24 bits per heavy atom. The number of alkyl halides is 3. The van der Waals surface area contributed by atoms with Gasteiger partial charge in [-0.25, -0.2) is 4.98 Å². The Labute approximate surface area is 149 Å². The molecule has 0 radical (unpaired) electrons. The number of aromatic nitrogens is 1. The van der Waals surface area contributed by atoms with Crippen LogP contribution in [0.5, 0.6) is 0 Å². The highest BCUT2D eigenvalue weighted by molar-refractivity contribution is 7.11. The number of piperazine rings is 1. The Morgan fingerprint density at radius 2 is 1.96 bits per heavy atom. The molecule has 2 saturated heterocycles. The number of amides is 1. The van der Waals surface area contributed by atoms with Gasteiger partial charge in [0.15, 0.2) is 0 Å². The Bertz CT molecular complexity index is 598. The van der Waals surface area contributed by atoms with E-state index in [2.05, 4.69) is 14.8 Å². The number of likely N-dealkylation sites (tertiary alicyclic amines) is 1. The third kappa shape index (κ3) is 4.92. The summed E-state index contributed by atoms with van der Waals surface area (Å²) in [6.45, 7) is 4.97. The largest absolute Gasteiger partial charge is 0.406 e. The monoisotopic (exact) mass is 376 g/mol. The van der Waals surface area contributed by atoms with Crippen molar-refractivity contribution in [3.63, 3.8) is 0 Å². The van der Waals surface area contributed by atoms with Gasteiger partial charge in [-0.05, 0) is 19.8 Å². The molecular weight excluding hydrogens is 353 g/mol. The minimum absolute atomic E-state index is 0.208. The minimum atomic E-state index is -4.33. The normalized spacial score (nSPS) is 24.1. The molecule has 25 heavy (non-hydrogen) atoms. The second kappa shape index (κ2) is 7.59. The number of piperidine rings is 1. The van der Waals surface area contributed by atoms with E-state index in [4.69, 9.17) is 0 Å². The van der Waals surface area contributed by atoms with E-state index in [0.29, 0.717) is 25.9 Å². The molecule has 0 unspecified atom stereocenters. The van der Waals surface area contributed by atoms with Crippen LogP contribution >= 0.6 is 11.3 Å². The van der Waals surface area contributed by atoms with Crippen LogP contribution in [0.25, 0.3) is 0 Å². The summed E-state index contributed by atoms with van der Waals surface area (Å²) in [7, 11) is 0. The fourth-order valence-electron chi connectivity index (χ4n) is 3.56. The number of carbonyl (C=O) groups excluding carboxylic acids is 1. The molecule has 1 aromatic rings. The van der Waals surface area contributed by atoms with Gasteiger partial charge >= 0.3 is 6.18 Å². The lowest BCUT2D eigenvalue weighted by molar-refractivity contribution is -0.168. The van der Waals surface area contributed by atoms with Crippen molar-refractivity contribution in [3.05, 3.63) is 16.1 Å². The minimum Gasteiger partial charge on any atom is -0.332 e. The highest BCUT2D eigenvalue weighted by Gasteiger charge is 2.39. The molecule has 140 valence electrons. The lowest BCUT2D eigenvalue weighted by atomic mass is 10.0. The highest BCUT2D eigenvalue weighted by Crippen LogP contribution is 2.24. The maximum Gasteiger partial charge on any atom is 0.406 e. The van der Waals surface area contributed by atoms with Crippen LogP contribution < -0.4 is 0 Å². The molecule has 3 heterocycles. The number of carbonyl (C=O) groups is 1. The number of aryl methyl sites for hydroxylation is 1. The van der Waals surface area contributed by atoms with E-state index < -0.39 is 18.8 Å². The van der Waals surface area contributed by atoms with Gasteiger partial charge in [-0.2, -0.15) is 13.2 Å². The van der Waals surface area contributed by atoms with Gasteiger partial charge < -0.3 is 4.90 Å². The van der Waals surface area contributed by atoms with Crippen molar-refractivity contribution < 1.29 is 18.0 Å². The number of hydrogen-bond acceptors (Lipinski definition) is 5. The predicted octanol–water partition coefficient (Wildman–Crippen LogP) is 2.12. The second-order valence-electron chi connectivity index (χ2n) is 6.69. The van der Waals surface area contributed by atoms with Gasteiger partial charge in [0, 0.05) is 50.3 Å². The zero-order valence-electron chi connectivity index (χ0n) is 14.3. The molecule has 1 atom stereocenters. The lowest BCUT2D eigenvalue weighted by Gasteiger charge is -2.42. The first-order valence-corrected chi connectivity index (χ1v) is 9.37. The SMILES string of the molecule is Cc1ncc(CN2CCN([C@@H]3CCCN(CC(F)(F)F)C3=O)CC2)s1. The predicted molar refractivity (Wildman–Crippen MR) is 89.4 cm³/mol. The molecule has 3 rings (SSSR count). The summed E-state index contributed by atoms with van der Waals surface area (Å²) >= 11 is 1.68. The van der Waals surface area contributed by atoms with E-state index in [1.165, 1.54) is 4.88 Å². The Balaban J connectivity index is 1.52. The summed E-state index contributed by atoms with van der Waals surface area (Å²) in [6, 6.07) is -0.399. The van der Waals surface area contributed by atoms with Crippen LogP contribution in [0.4, 0.5) is 13.2 Å². The molecule has 1 aromatic heterocycles. The maximum atomic E-state index is 12.6. The molecule has 0 aromatic carbocycles. The molecule has 0 N–H and O–H groups in total. The van der Waals surface area contributed by atoms with Crippen LogP contribution in [-0.2, 0) is 11.3 Å². The van der Waals surface area contributed by atoms with Crippen molar-refractivity contribution in [2.45, 2.75) is 38.5 Å². The summed E-state index contributed by atoms with van der Waals surface area (Å²) in [5.41, 5.74) is 0. The Hall–Kier alpha value is -1.19. The maximum absolute atomic E-state index is 12.6. The first kappa shape index (κ1) is 18.6. The smallest absolute Gasteiger partial charge is 0.332 e. The fourth-order valence-corrected chi connectivity index (χ4v) is 4.40. The van der Waals surface area contributed by atoms with Crippen molar-refractivity contribution in [3.8, 4) is 0 Å². The molecule has 2 fully saturated rings. The molecule has 1 amide bonds. The fraction of sp³-hybridized carbons (Fsp3) is 0.750. The van der Waals surface area contributed by atoms with Crippen LogP contribution in [-0.4, -0.2) is 77.1 Å². The summed E-state index contributed by atoms with van der Waals surface area (Å²) < 4.78 is 37.9. The molecule has 0 saturated carbocycles. The summed E-state index contributed by atoms with van der Waals surface area (Å²) in [6.07, 6.45) is -1.15. The summed E-state index contributed by atoms with van der Waals surface area (Å²) in [5.74, 6) is -0.366. The van der Waals surface area contributed by atoms with E-state index >= 15 is 0 Å². The van der Waals surface area contributed by atoms with Crippen molar-refractivity contribution in [1.29, 1.82) is 0 Å². The molecule has 0 aliphatic carbocycles. The molecule has 9 heteroatoms. The van der Waals surface area contributed by atoms with Crippen LogP contribution in [0.15, 0.2) is 6.20 Å². The van der Waals surface area contributed by atoms with Gasteiger partial charge in [0.2, 0.25) is 5.91 Å². The van der Waals surface area contributed by atoms with Crippen molar-refractivity contribution in [2.75, 3.05) is 39.3 Å². The van der Waals surface area contributed by atoms with Crippen molar-refractivity contribution in [1.82, 2.24) is 19.7 Å². The van der Waals surface area contributed by atoms with Crippen LogP contribution in [0.1, 0.15) is 22.7 Å². The van der Waals surface area contributed by atoms with Crippen molar-refractivity contribution in [2.24, 2.45) is 0 Å².